The monoisotopic (exact) mass is 199 g/mol. The van der Waals surface area contributed by atoms with Gasteiger partial charge in [0, 0.05) is 20.1 Å². The topological polar surface area (TPSA) is 66.6 Å². The van der Waals surface area contributed by atoms with Crippen molar-refractivity contribution < 1.29 is 9.59 Å². The van der Waals surface area contributed by atoms with Crippen molar-refractivity contribution in [3.05, 3.63) is 0 Å². The molecule has 0 spiro atoms. The fourth-order valence-electron chi connectivity index (χ4n) is 1.77. The van der Waals surface area contributed by atoms with Gasteiger partial charge in [0.25, 0.3) is 0 Å². The molecule has 1 fully saturated rings. The third kappa shape index (κ3) is 1.81. The molecule has 0 aromatic carbocycles. The van der Waals surface area contributed by atoms with E-state index in [-0.39, 0.29) is 11.9 Å². The highest BCUT2D eigenvalue weighted by molar-refractivity contribution is 5.87. The summed E-state index contributed by atoms with van der Waals surface area (Å²) >= 11 is 0. The van der Waals surface area contributed by atoms with Gasteiger partial charge in [-0.1, -0.05) is 13.8 Å². The minimum Gasteiger partial charge on any atom is -0.368 e. The predicted octanol–water partition coefficient (Wildman–Crippen LogP) is -0.136. The number of urea groups is 1. The summed E-state index contributed by atoms with van der Waals surface area (Å²) in [5, 5.41) is 0. The Hall–Kier alpha value is -1.26. The highest BCUT2D eigenvalue weighted by Crippen LogP contribution is 2.16. The average Bonchev–Trinajstić information content (AvgIpc) is 2.35. The first kappa shape index (κ1) is 10.8. The highest BCUT2D eigenvalue weighted by atomic mass is 16.2. The Bertz CT molecular complexity index is 252. The van der Waals surface area contributed by atoms with Gasteiger partial charge in [-0.25, -0.2) is 4.79 Å². The Morgan fingerprint density at radius 1 is 1.43 bits per heavy atom. The van der Waals surface area contributed by atoms with Gasteiger partial charge < -0.3 is 15.5 Å². The van der Waals surface area contributed by atoms with Crippen LogP contribution >= 0.6 is 0 Å². The van der Waals surface area contributed by atoms with Gasteiger partial charge in [-0.3, -0.25) is 4.79 Å². The van der Waals surface area contributed by atoms with E-state index in [1.165, 1.54) is 0 Å². The molecule has 1 aliphatic heterocycles. The Balaban J connectivity index is 2.80. The molecule has 2 N–H and O–H groups in total. The molecule has 1 saturated heterocycles. The smallest absolute Gasteiger partial charge is 0.320 e. The van der Waals surface area contributed by atoms with Gasteiger partial charge in [0.05, 0.1) is 0 Å². The minimum atomic E-state index is -0.479. The van der Waals surface area contributed by atoms with Crippen LogP contribution in [-0.2, 0) is 4.79 Å². The summed E-state index contributed by atoms with van der Waals surface area (Å²) in [5.41, 5.74) is 5.27. The molecule has 14 heavy (non-hydrogen) atoms. The lowest BCUT2D eigenvalue weighted by Gasteiger charge is -2.27. The maximum absolute atomic E-state index is 11.6. The molecule has 3 amide bonds. The van der Waals surface area contributed by atoms with E-state index in [9.17, 15) is 9.59 Å². The van der Waals surface area contributed by atoms with Crippen LogP contribution in [0.1, 0.15) is 13.8 Å². The number of rotatable bonds is 3. The molecule has 0 aromatic rings. The molecule has 1 aliphatic rings. The predicted molar refractivity (Wildman–Crippen MR) is 52.6 cm³/mol. The lowest BCUT2D eigenvalue weighted by Crippen LogP contribution is -2.49. The van der Waals surface area contributed by atoms with Gasteiger partial charge in [-0.05, 0) is 5.92 Å². The maximum atomic E-state index is 11.6. The molecule has 80 valence electrons. The van der Waals surface area contributed by atoms with Gasteiger partial charge in [-0.15, -0.1) is 0 Å². The van der Waals surface area contributed by atoms with Gasteiger partial charge in [0.2, 0.25) is 5.91 Å². The fraction of sp³-hybridized carbons (Fsp3) is 0.778. The number of hydrogen-bond donors (Lipinski definition) is 1. The molecule has 1 heterocycles. The summed E-state index contributed by atoms with van der Waals surface area (Å²) in [7, 11) is 1.72. The van der Waals surface area contributed by atoms with E-state index in [4.69, 9.17) is 5.73 Å². The Labute approximate surface area is 83.8 Å². The highest BCUT2D eigenvalue weighted by Gasteiger charge is 2.36. The van der Waals surface area contributed by atoms with E-state index in [0.717, 1.165) is 0 Å². The van der Waals surface area contributed by atoms with Crippen molar-refractivity contribution in [2.75, 3.05) is 20.1 Å². The molecule has 0 aliphatic carbocycles. The van der Waals surface area contributed by atoms with E-state index >= 15 is 0 Å². The Kier molecular flexibility index (Phi) is 2.98. The first-order valence-corrected chi connectivity index (χ1v) is 4.76. The van der Waals surface area contributed by atoms with Crippen molar-refractivity contribution in [1.29, 1.82) is 0 Å². The molecule has 5 heteroatoms. The molecular formula is C9H17N3O2. The van der Waals surface area contributed by atoms with Crippen LogP contribution in [0.4, 0.5) is 4.79 Å². The van der Waals surface area contributed by atoms with Crippen LogP contribution in [0.2, 0.25) is 0 Å². The quantitative estimate of drug-likeness (QED) is 0.687. The summed E-state index contributed by atoms with van der Waals surface area (Å²) in [5.74, 6) is -0.369. The van der Waals surface area contributed by atoms with Crippen LogP contribution in [0.15, 0.2) is 0 Å². The van der Waals surface area contributed by atoms with Crippen molar-refractivity contribution in [2.45, 2.75) is 19.9 Å². The molecule has 0 aromatic heterocycles. The van der Waals surface area contributed by atoms with Gasteiger partial charge in [-0.2, -0.15) is 0 Å². The van der Waals surface area contributed by atoms with E-state index in [0.29, 0.717) is 13.1 Å². The summed E-state index contributed by atoms with van der Waals surface area (Å²) in [6.45, 7) is 5.03. The molecule has 0 bridgehead atoms. The van der Waals surface area contributed by atoms with Crippen molar-refractivity contribution in [3.63, 3.8) is 0 Å². The van der Waals surface area contributed by atoms with E-state index in [1.807, 2.05) is 13.8 Å². The van der Waals surface area contributed by atoms with Crippen LogP contribution in [0.25, 0.3) is 0 Å². The lowest BCUT2D eigenvalue weighted by atomic mass is 10.0. The molecule has 1 atom stereocenters. The SMILES string of the molecule is CC(C)C(C(N)=O)N1CCN(C)C1=O. The van der Waals surface area contributed by atoms with Crippen LogP contribution in [0.5, 0.6) is 0 Å². The normalized spacial score (nSPS) is 19.3. The maximum Gasteiger partial charge on any atom is 0.320 e. The van der Waals surface area contributed by atoms with Gasteiger partial charge >= 0.3 is 6.03 Å². The zero-order chi connectivity index (χ0) is 10.9. The lowest BCUT2D eigenvalue weighted by molar-refractivity contribution is -0.123. The second kappa shape index (κ2) is 3.86. The van der Waals surface area contributed by atoms with E-state index in [2.05, 4.69) is 0 Å². The minimum absolute atomic E-state index is 0.0583. The first-order chi connectivity index (χ1) is 6.45. The zero-order valence-corrected chi connectivity index (χ0v) is 8.86. The third-order valence-corrected chi connectivity index (χ3v) is 2.51. The van der Waals surface area contributed by atoms with Crippen molar-refractivity contribution >= 4 is 11.9 Å². The van der Waals surface area contributed by atoms with Crippen LogP contribution < -0.4 is 5.73 Å². The number of nitrogens with two attached hydrogens (primary N) is 1. The molecule has 0 saturated carbocycles. The summed E-state index contributed by atoms with van der Waals surface area (Å²) in [6.07, 6.45) is 0. The van der Waals surface area contributed by atoms with Crippen LogP contribution in [-0.4, -0.2) is 47.9 Å². The molecule has 1 unspecified atom stereocenters. The van der Waals surface area contributed by atoms with Crippen LogP contribution in [0, 0.1) is 5.92 Å². The summed E-state index contributed by atoms with van der Waals surface area (Å²) in [4.78, 5) is 25.9. The first-order valence-electron chi connectivity index (χ1n) is 4.76. The Morgan fingerprint density at radius 3 is 2.29 bits per heavy atom. The fourth-order valence-corrected chi connectivity index (χ4v) is 1.77. The number of likely N-dealkylation sites (N-methyl/N-ethyl adjacent to an activating group) is 1. The Morgan fingerprint density at radius 2 is 2.00 bits per heavy atom. The van der Waals surface area contributed by atoms with Crippen LogP contribution in [0.3, 0.4) is 0 Å². The second-order valence-electron chi connectivity index (χ2n) is 3.99. The third-order valence-electron chi connectivity index (χ3n) is 2.51. The number of primary amides is 1. The number of carbonyl (C=O) groups is 2. The van der Waals surface area contributed by atoms with Gasteiger partial charge in [0.1, 0.15) is 6.04 Å². The number of hydrogen-bond acceptors (Lipinski definition) is 2. The molecule has 1 rings (SSSR count). The average molecular weight is 199 g/mol. The number of nitrogens with zero attached hydrogens (tertiary/aromatic N) is 2. The summed E-state index contributed by atoms with van der Waals surface area (Å²) < 4.78 is 0. The largest absolute Gasteiger partial charge is 0.368 e. The number of carbonyl (C=O) groups excluding carboxylic acids is 2. The van der Waals surface area contributed by atoms with Crippen molar-refractivity contribution in [1.82, 2.24) is 9.80 Å². The van der Waals surface area contributed by atoms with Gasteiger partial charge in [0.15, 0.2) is 0 Å². The zero-order valence-electron chi connectivity index (χ0n) is 8.86. The van der Waals surface area contributed by atoms with Crippen molar-refractivity contribution in [3.8, 4) is 0 Å². The molecule has 0 radical (unpaired) electrons. The molecule has 5 nitrogen and oxygen atoms in total. The van der Waals surface area contributed by atoms with Crippen molar-refractivity contribution in [2.24, 2.45) is 11.7 Å². The molecular weight excluding hydrogens is 182 g/mol. The summed E-state index contributed by atoms with van der Waals surface area (Å²) in [6, 6.07) is -0.588. The second-order valence-corrected chi connectivity index (χ2v) is 3.99. The van der Waals surface area contributed by atoms with E-state index in [1.54, 1.807) is 16.8 Å². The van der Waals surface area contributed by atoms with E-state index < -0.39 is 11.9 Å². The standard InChI is InChI=1S/C9H17N3O2/c1-6(2)7(8(10)13)12-5-4-11(3)9(12)14/h6-7H,4-5H2,1-3H3,(H2,10,13). The number of amides is 3.